The molecule has 1 rings (SSSR count). The van der Waals surface area contributed by atoms with Crippen molar-refractivity contribution in [3.8, 4) is 0 Å². The van der Waals surface area contributed by atoms with Gasteiger partial charge in [0.05, 0.1) is 0 Å². The SMILES string of the molecule is CC(C)C[C@H](CN)CC(=O)NC1CCC(=O)N(C)C1. The van der Waals surface area contributed by atoms with Gasteiger partial charge in [-0.25, -0.2) is 0 Å². The molecule has 0 spiro atoms. The Labute approximate surface area is 115 Å². The number of hydrogen-bond acceptors (Lipinski definition) is 3. The second-order valence-electron chi connectivity index (χ2n) is 6.01. The fraction of sp³-hybridized carbons (Fsp3) is 0.857. The molecule has 1 heterocycles. The Morgan fingerprint density at radius 3 is 2.74 bits per heavy atom. The molecule has 19 heavy (non-hydrogen) atoms. The second kappa shape index (κ2) is 7.48. The minimum absolute atomic E-state index is 0.0591. The Balaban J connectivity index is 2.36. The van der Waals surface area contributed by atoms with Crippen molar-refractivity contribution in [1.82, 2.24) is 10.2 Å². The number of nitrogens with two attached hydrogens (primary N) is 1. The molecule has 2 atom stereocenters. The molecule has 0 aliphatic carbocycles. The van der Waals surface area contributed by atoms with Crippen LogP contribution < -0.4 is 11.1 Å². The summed E-state index contributed by atoms with van der Waals surface area (Å²) < 4.78 is 0. The van der Waals surface area contributed by atoms with E-state index in [1.165, 1.54) is 0 Å². The standard InChI is InChI=1S/C14H27N3O2/c1-10(2)6-11(8-15)7-13(18)16-12-4-5-14(19)17(3)9-12/h10-12H,4-9,15H2,1-3H3,(H,16,18)/t11-,12?/m0/s1. The first-order chi connectivity index (χ1) is 8.92. The van der Waals surface area contributed by atoms with Crippen LogP contribution in [-0.2, 0) is 9.59 Å². The zero-order valence-electron chi connectivity index (χ0n) is 12.3. The van der Waals surface area contributed by atoms with Gasteiger partial charge in [-0.15, -0.1) is 0 Å². The molecule has 0 radical (unpaired) electrons. The molecule has 0 aromatic heterocycles. The van der Waals surface area contributed by atoms with Crippen LogP contribution in [0.3, 0.4) is 0 Å². The van der Waals surface area contributed by atoms with Crippen LogP contribution in [0.25, 0.3) is 0 Å². The molecule has 110 valence electrons. The molecule has 2 amide bonds. The Hall–Kier alpha value is -1.10. The number of nitrogens with zero attached hydrogens (tertiary/aromatic N) is 1. The van der Waals surface area contributed by atoms with Crippen molar-refractivity contribution in [1.29, 1.82) is 0 Å². The molecular weight excluding hydrogens is 242 g/mol. The van der Waals surface area contributed by atoms with Gasteiger partial charge in [-0.2, -0.15) is 0 Å². The number of hydrogen-bond donors (Lipinski definition) is 2. The second-order valence-corrected chi connectivity index (χ2v) is 6.01. The zero-order chi connectivity index (χ0) is 14.4. The van der Waals surface area contributed by atoms with Crippen molar-refractivity contribution in [2.45, 2.75) is 45.6 Å². The summed E-state index contributed by atoms with van der Waals surface area (Å²) in [7, 11) is 1.78. The number of piperidine rings is 1. The first-order valence-corrected chi connectivity index (χ1v) is 7.15. The van der Waals surface area contributed by atoms with E-state index in [0.29, 0.717) is 31.8 Å². The van der Waals surface area contributed by atoms with Crippen LogP contribution in [0.2, 0.25) is 0 Å². The summed E-state index contributed by atoms with van der Waals surface area (Å²) in [5.41, 5.74) is 5.71. The predicted molar refractivity (Wildman–Crippen MR) is 75.4 cm³/mol. The minimum Gasteiger partial charge on any atom is -0.352 e. The summed E-state index contributed by atoms with van der Waals surface area (Å²) in [5.74, 6) is 1.02. The fourth-order valence-electron chi connectivity index (χ4n) is 2.61. The van der Waals surface area contributed by atoms with Crippen molar-refractivity contribution >= 4 is 11.8 Å². The summed E-state index contributed by atoms with van der Waals surface area (Å²) in [4.78, 5) is 25.0. The first kappa shape index (κ1) is 16.0. The highest BCUT2D eigenvalue weighted by atomic mass is 16.2. The van der Waals surface area contributed by atoms with Crippen molar-refractivity contribution in [2.24, 2.45) is 17.6 Å². The largest absolute Gasteiger partial charge is 0.352 e. The molecule has 1 saturated heterocycles. The average Bonchev–Trinajstić information content (AvgIpc) is 2.32. The first-order valence-electron chi connectivity index (χ1n) is 7.15. The van der Waals surface area contributed by atoms with Crippen LogP contribution in [0.15, 0.2) is 0 Å². The summed E-state index contributed by atoms with van der Waals surface area (Å²) in [6, 6.07) is 0.0904. The topological polar surface area (TPSA) is 75.4 Å². The highest BCUT2D eigenvalue weighted by molar-refractivity contribution is 5.79. The van der Waals surface area contributed by atoms with Crippen molar-refractivity contribution in [3.05, 3.63) is 0 Å². The number of carbonyl (C=O) groups excluding carboxylic acids is 2. The van der Waals surface area contributed by atoms with E-state index in [0.717, 1.165) is 12.8 Å². The van der Waals surface area contributed by atoms with Gasteiger partial charge in [0.1, 0.15) is 0 Å². The molecule has 5 heteroatoms. The van der Waals surface area contributed by atoms with E-state index in [1.807, 2.05) is 0 Å². The van der Waals surface area contributed by atoms with Gasteiger partial charge in [0.25, 0.3) is 0 Å². The maximum absolute atomic E-state index is 12.0. The Morgan fingerprint density at radius 2 is 2.21 bits per heavy atom. The van der Waals surface area contributed by atoms with Gasteiger partial charge in [0.2, 0.25) is 11.8 Å². The lowest BCUT2D eigenvalue weighted by atomic mass is 9.93. The van der Waals surface area contributed by atoms with Gasteiger partial charge < -0.3 is 16.0 Å². The third-order valence-electron chi connectivity index (χ3n) is 3.60. The van der Waals surface area contributed by atoms with Crippen LogP contribution in [0.4, 0.5) is 0 Å². The van der Waals surface area contributed by atoms with Crippen LogP contribution in [0.5, 0.6) is 0 Å². The lowest BCUT2D eigenvalue weighted by Crippen LogP contribution is -2.48. The Kier molecular flexibility index (Phi) is 6.28. The molecule has 0 aromatic rings. The predicted octanol–water partition coefficient (Wildman–Crippen LogP) is 0.735. The molecular formula is C14H27N3O2. The minimum atomic E-state index is 0.0591. The van der Waals surface area contributed by atoms with Gasteiger partial charge >= 0.3 is 0 Å². The highest BCUT2D eigenvalue weighted by Gasteiger charge is 2.24. The highest BCUT2D eigenvalue weighted by Crippen LogP contribution is 2.15. The van der Waals surface area contributed by atoms with Gasteiger partial charge in [0.15, 0.2) is 0 Å². The third-order valence-corrected chi connectivity index (χ3v) is 3.60. The van der Waals surface area contributed by atoms with Gasteiger partial charge in [-0.1, -0.05) is 13.8 Å². The number of likely N-dealkylation sites (tertiary alicyclic amines) is 1. The number of nitrogens with one attached hydrogen (secondary N) is 1. The molecule has 0 saturated carbocycles. The van der Waals surface area contributed by atoms with E-state index in [4.69, 9.17) is 5.73 Å². The maximum atomic E-state index is 12.0. The zero-order valence-corrected chi connectivity index (χ0v) is 12.3. The van der Waals surface area contributed by atoms with E-state index in [1.54, 1.807) is 11.9 Å². The van der Waals surface area contributed by atoms with Gasteiger partial charge in [0, 0.05) is 32.5 Å². The molecule has 1 aliphatic rings. The lowest BCUT2D eigenvalue weighted by molar-refractivity contribution is -0.134. The normalized spacial score (nSPS) is 21.6. The van der Waals surface area contributed by atoms with E-state index in [9.17, 15) is 9.59 Å². The molecule has 3 N–H and O–H groups in total. The molecule has 1 aliphatic heterocycles. The van der Waals surface area contributed by atoms with Crippen molar-refractivity contribution < 1.29 is 9.59 Å². The number of carbonyl (C=O) groups is 2. The smallest absolute Gasteiger partial charge is 0.222 e. The number of amides is 2. The van der Waals surface area contributed by atoms with E-state index in [-0.39, 0.29) is 23.8 Å². The molecule has 0 bridgehead atoms. The van der Waals surface area contributed by atoms with Crippen LogP contribution in [0.1, 0.15) is 39.5 Å². The summed E-state index contributed by atoms with van der Waals surface area (Å²) in [6.07, 6.45) is 2.73. The Morgan fingerprint density at radius 1 is 1.53 bits per heavy atom. The van der Waals surface area contributed by atoms with E-state index in [2.05, 4.69) is 19.2 Å². The summed E-state index contributed by atoms with van der Waals surface area (Å²) >= 11 is 0. The van der Waals surface area contributed by atoms with Gasteiger partial charge in [-0.05, 0) is 31.2 Å². The fourth-order valence-corrected chi connectivity index (χ4v) is 2.61. The molecule has 1 unspecified atom stereocenters. The number of rotatable bonds is 6. The van der Waals surface area contributed by atoms with Crippen molar-refractivity contribution in [2.75, 3.05) is 20.1 Å². The van der Waals surface area contributed by atoms with E-state index < -0.39 is 0 Å². The van der Waals surface area contributed by atoms with Crippen LogP contribution in [0, 0.1) is 11.8 Å². The van der Waals surface area contributed by atoms with Crippen molar-refractivity contribution in [3.63, 3.8) is 0 Å². The Bertz CT molecular complexity index is 318. The number of likely N-dealkylation sites (N-methyl/N-ethyl adjacent to an activating group) is 1. The van der Waals surface area contributed by atoms with Crippen LogP contribution >= 0.6 is 0 Å². The monoisotopic (exact) mass is 269 g/mol. The summed E-state index contributed by atoms with van der Waals surface area (Å²) in [5, 5.41) is 3.02. The van der Waals surface area contributed by atoms with Gasteiger partial charge in [-0.3, -0.25) is 9.59 Å². The quantitative estimate of drug-likeness (QED) is 0.746. The summed E-state index contributed by atoms with van der Waals surface area (Å²) in [6.45, 7) is 5.45. The molecule has 1 fully saturated rings. The average molecular weight is 269 g/mol. The third kappa shape index (κ3) is 5.59. The maximum Gasteiger partial charge on any atom is 0.222 e. The molecule has 0 aromatic carbocycles. The van der Waals surface area contributed by atoms with Crippen LogP contribution in [-0.4, -0.2) is 42.9 Å². The van der Waals surface area contributed by atoms with E-state index >= 15 is 0 Å². The lowest BCUT2D eigenvalue weighted by Gasteiger charge is -2.30. The molecule has 5 nitrogen and oxygen atoms in total.